The molecule has 2 aromatic rings. The molecule has 2 aromatic carbocycles. The van der Waals surface area contributed by atoms with Crippen molar-refractivity contribution in [2.45, 2.75) is 124 Å². The number of rotatable bonds is 13. The average molecular weight is 768 g/mol. The van der Waals surface area contributed by atoms with Gasteiger partial charge < -0.3 is 24.8 Å². The second kappa shape index (κ2) is 15.2. The van der Waals surface area contributed by atoms with Crippen LogP contribution in [0.1, 0.15) is 96.7 Å². The van der Waals surface area contributed by atoms with Gasteiger partial charge in [0.25, 0.3) is 0 Å². The quantitative estimate of drug-likeness (QED) is 0.255. The van der Waals surface area contributed by atoms with Crippen molar-refractivity contribution in [3.8, 4) is 0 Å². The maximum absolute atomic E-state index is 7.43. The van der Waals surface area contributed by atoms with Crippen LogP contribution in [0, 0.1) is 0 Å². The third-order valence-electron chi connectivity index (χ3n) is 10.9. The van der Waals surface area contributed by atoms with Crippen LogP contribution in [-0.2, 0) is 29.8 Å². The second-order valence-corrected chi connectivity index (χ2v) is 44.6. The summed E-state index contributed by atoms with van der Waals surface area (Å²) in [6.45, 7) is 29.5. The molecule has 0 aromatic heterocycles. The fourth-order valence-electron chi connectivity index (χ4n) is 7.01. The van der Waals surface area contributed by atoms with Crippen molar-refractivity contribution in [1.29, 1.82) is 0 Å². The minimum atomic E-state index is -2.35. The zero-order valence-corrected chi connectivity index (χ0v) is 36.5. The van der Waals surface area contributed by atoms with Gasteiger partial charge in [0.05, 0.1) is 0 Å². The molecule has 2 nitrogen and oxygen atoms in total. The zero-order chi connectivity index (χ0) is 31.1. The Balaban J connectivity index is 0.00000337. The Kier molecular flexibility index (Phi) is 13.8. The molecule has 243 valence electrons. The predicted molar refractivity (Wildman–Crippen MR) is 188 cm³/mol. The van der Waals surface area contributed by atoms with Crippen LogP contribution in [0.4, 0.5) is 0 Å². The van der Waals surface area contributed by atoms with Gasteiger partial charge in [0, 0.05) is 0 Å². The summed E-state index contributed by atoms with van der Waals surface area (Å²) in [6.07, 6.45) is 9.73. The minimum Gasteiger partial charge on any atom is -1.00 e. The Morgan fingerprint density at radius 1 is 0.659 bits per heavy atom. The average Bonchev–Trinajstić information content (AvgIpc) is 3.41. The van der Waals surface area contributed by atoms with Gasteiger partial charge in [-0.1, -0.05) is 0 Å². The van der Waals surface area contributed by atoms with E-state index < -0.39 is 43.5 Å². The number of fused-ring (bicyclic) bond motifs is 2. The number of hydrogen-bond donors (Lipinski definition) is 0. The first-order valence-electron chi connectivity index (χ1n) is 16.4. The van der Waals surface area contributed by atoms with Crippen LogP contribution in [-0.4, -0.2) is 22.6 Å². The largest absolute Gasteiger partial charge is 1.00 e. The molecule has 2 atom stereocenters. The van der Waals surface area contributed by atoms with Gasteiger partial charge in [0.2, 0.25) is 0 Å². The summed E-state index contributed by atoms with van der Waals surface area (Å²) >= 11 is -2.35. The molecule has 2 unspecified atom stereocenters. The molecule has 44 heavy (non-hydrogen) atoms. The summed E-state index contributed by atoms with van der Waals surface area (Å²) in [7, 11) is -4.08. The molecule has 0 fully saturated rings. The molecular weight excluding hydrogens is 711 g/mol. The Morgan fingerprint density at radius 2 is 1.00 bits per heavy atom. The van der Waals surface area contributed by atoms with E-state index in [1.165, 1.54) is 59.5 Å². The van der Waals surface area contributed by atoms with E-state index in [1.807, 2.05) is 0 Å². The Bertz CT molecular complexity index is 1240. The molecule has 0 radical (unpaired) electrons. The molecular formula is C36H57Cl2O2Si3Zr. The van der Waals surface area contributed by atoms with Crippen LogP contribution < -0.4 is 24.8 Å². The van der Waals surface area contributed by atoms with Crippen LogP contribution in [0.2, 0.25) is 49.4 Å². The molecule has 2 aliphatic rings. The molecule has 8 heteroatoms. The van der Waals surface area contributed by atoms with Gasteiger partial charge in [0.1, 0.15) is 0 Å². The van der Waals surface area contributed by atoms with Crippen molar-refractivity contribution in [1.82, 2.24) is 0 Å². The molecule has 0 saturated carbocycles. The Hall–Kier alpha value is -0.366. The minimum absolute atomic E-state index is 0. The van der Waals surface area contributed by atoms with Gasteiger partial charge in [-0.05, 0) is 0 Å². The molecule has 0 spiro atoms. The number of benzene rings is 2. The molecule has 0 saturated heterocycles. The molecule has 0 heterocycles. The number of hydrogen-bond acceptors (Lipinski definition) is 2. The monoisotopic (exact) mass is 765 g/mol. The van der Waals surface area contributed by atoms with Crippen molar-refractivity contribution >= 4 is 34.7 Å². The first-order valence-corrected chi connectivity index (χ1v) is 32.2. The van der Waals surface area contributed by atoms with E-state index in [-0.39, 0.29) is 34.9 Å². The van der Waals surface area contributed by atoms with Gasteiger partial charge >= 0.3 is 271 Å². The third-order valence-corrected chi connectivity index (χ3v) is 40.7. The smallest absolute Gasteiger partial charge is 1.00 e. The summed E-state index contributed by atoms with van der Waals surface area (Å²) in [4.78, 5) is 0. The Labute approximate surface area is 293 Å². The van der Waals surface area contributed by atoms with Crippen molar-refractivity contribution in [3.05, 3.63) is 82.3 Å². The number of halogens is 2. The van der Waals surface area contributed by atoms with Crippen LogP contribution in [0.25, 0.3) is 12.2 Å². The Morgan fingerprint density at radius 3 is 1.32 bits per heavy atom. The molecule has 0 N–H and O–H groups in total. The number of allylic oxidation sites excluding steroid dienone is 2. The zero-order valence-electron chi connectivity index (χ0n) is 29.4. The van der Waals surface area contributed by atoms with Crippen LogP contribution in [0.3, 0.4) is 0 Å². The third kappa shape index (κ3) is 7.84. The summed E-state index contributed by atoms with van der Waals surface area (Å²) < 4.78 is 15.8. The van der Waals surface area contributed by atoms with Crippen molar-refractivity contribution in [2.24, 2.45) is 0 Å². The standard InChI is InChI=1S/2C17H25OSi.C2H7Si.2ClH.Zr/c2*1-6-11-17(2,3)19(4,5)18-16-12-14-9-7-8-10-15(14)13-16;1-3-2;;;/h2*7-10,12-13H,6,11H2,1-5H3;3H,1-2H3;2*1H;/q;;;;;+2/p-2. The topological polar surface area (TPSA) is 18.5 Å². The fraction of sp³-hybridized carbons (Fsp3) is 0.556. The van der Waals surface area contributed by atoms with Gasteiger partial charge in [-0.25, -0.2) is 0 Å². The molecule has 0 amide bonds. The summed E-state index contributed by atoms with van der Waals surface area (Å²) in [5.41, 5.74) is 5.85. The van der Waals surface area contributed by atoms with E-state index in [4.69, 9.17) is 8.85 Å². The van der Waals surface area contributed by atoms with E-state index in [2.05, 4.69) is 142 Å². The van der Waals surface area contributed by atoms with Crippen molar-refractivity contribution in [3.63, 3.8) is 0 Å². The van der Waals surface area contributed by atoms with E-state index in [1.54, 1.807) is 0 Å². The first kappa shape index (κ1) is 39.8. The normalized spacial score (nSPS) is 18.0. The maximum atomic E-state index is 7.43. The molecule has 0 bridgehead atoms. The van der Waals surface area contributed by atoms with Crippen molar-refractivity contribution in [2.75, 3.05) is 0 Å². The van der Waals surface area contributed by atoms with Crippen LogP contribution >= 0.6 is 0 Å². The SMILES string of the molecule is CCCC(C)(C)[Si](C)(C)OC1=Cc2ccccc2[CH]1[Zr+2]([CH]1C(O[Si](C)(C)C(C)(C)CCC)=Cc2ccccc21)[SiH](C)C.[Cl-].[Cl-]. The van der Waals surface area contributed by atoms with Gasteiger partial charge in [-0.2, -0.15) is 0 Å². The van der Waals surface area contributed by atoms with Crippen LogP contribution in [0.15, 0.2) is 60.0 Å². The van der Waals surface area contributed by atoms with Gasteiger partial charge in [-0.3, -0.25) is 0 Å². The predicted octanol–water partition coefficient (Wildman–Crippen LogP) is 5.39. The van der Waals surface area contributed by atoms with E-state index in [0.717, 1.165) is 0 Å². The molecule has 2 aliphatic carbocycles. The fourth-order valence-corrected chi connectivity index (χ4v) is 32.8. The van der Waals surface area contributed by atoms with Crippen LogP contribution in [0.5, 0.6) is 0 Å². The summed E-state index contributed by atoms with van der Waals surface area (Å²) in [6, 6.07) is 18.4. The van der Waals surface area contributed by atoms with Gasteiger partial charge in [-0.15, -0.1) is 0 Å². The van der Waals surface area contributed by atoms with Gasteiger partial charge in [0.15, 0.2) is 0 Å². The van der Waals surface area contributed by atoms with E-state index in [9.17, 15) is 0 Å². The first-order chi connectivity index (χ1) is 19.6. The van der Waals surface area contributed by atoms with E-state index >= 15 is 0 Å². The summed E-state index contributed by atoms with van der Waals surface area (Å²) in [5, 5.41) is 0.435. The molecule has 0 aliphatic heterocycles. The maximum Gasteiger partial charge on any atom is -1.00 e. The van der Waals surface area contributed by atoms with Crippen molar-refractivity contribution < 1.29 is 54.6 Å². The van der Waals surface area contributed by atoms with E-state index in [0.29, 0.717) is 7.25 Å². The summed E-state index contributed by atoms with van der Waals surface area (Å²) in [5.74, 6) is 1.56. The molecule has 4 rings (SSSR count). The second-order valence-electron chi connectivity index (χ2n) is 15.4.